The lowest BCUT2D eigenvalue weighted by Gasteiger charge is -2.43. The van der Waals surface area contributed by atoms with Crippen molar-refractivity contribution in [3.8, 4) is 0 Å². The molecule has 0 radical (unpaired) electrons. The third kappa shape index (κ3) is 3.69. The van der Waals surface area contributed by atoms with Crippen molar-refractivity contribution in [3.05, 3.63) is 77.9 Å². The van der Waals surface area contributed by atoms with Gasteiger partial charge in [-0.2, -0.15) is 0 Å². The molecule has 0 aliphatic carbocycles. The summed E-state index contributed by atoms with van der Waals surface area (Å²) in [6.45, 7) is 1.95. The van der Waals surface area contributed by atoms with Gasteiger partial charge in [-0.3, -0.25) is 19.6 Å². The van der Waals surface area contributed by atoms with Crippen LogP contribution in [0.2, 0.25) is 0 Å². The Bertz CT molecular complexity index is 1060. The first kappa shape index (κ1) is 19.4. The number of pyridine rings is 2. The molecule has 158 valence electrons. The highest BCUT2D eigenvalue weighted by atomic mass is 16.2. The lowest BCUT2D eigenvalue weighted by Crippen LogP contribution is -2.47. The van der Waals surface area contributed by atoms with E-state index in [1.807, 2.05) is 15.9 Å². The molecule has 1 atom stereocenters. The molecule has 5 heterocycles. The summed E-state index contributed by atoms with van der Waals surface area (Å²) in [4.78, 5) is 45.9. The van der Waals surface area contributed by atoms with Gasteiger partial charge in [-0.15, -0.1) is 0 Å². The Morgan fingerprint density at radius 1 is 0.935 bits per heavy atom. The van der Waals surface area contributed by atoms with Gasteiger partial charge in [0.25, 0.3) is 11.8 Å². The third-order valence-corrected chi connectivity index (χ3v) is 6.32. The highest BCUT2D eigenvalue weighted by Crippen LogP contribution is 2.39. The quantitative estimate of drug-likeness (QED) is 0.708. The van der Waals surface area contributed by atoms with Crippen LogP contribution in [-0.4, -0.2) is 61.2 Å². The molecule has 1 saturated heterocycles. The topological polar surface area (TPSA) is 95.1 Å². The highest BCUT2D eigenvalue weighted by molar-refractivity contribution is 5.94. The molecule has 3 aromatic heterocycles. The van der Waals surface area contributed by atoms with Crippen LogP contribution in [0.3, 0.4) is 0 Å². The summed E-state index contributed by atoms with van der Waals surface area (Å²) in [5.74, 6) is 0.237. The molecular formula is C23H24N6O2. The Morgan fingerprint density at radius 2 is 1.61 bits per heavy atom. The van der Waals surface area contributed by atoms with Crippen LogP contribution >= 0.6 is 0 Å². The number of hydrogen-bond donors (Lipinski definition) is 1. The van der Waals surface area contributed by atoms with Gasteiger partial charge in [0.15, 0.2) is 0 Å². The molecule has 2 aliphatic heterocycles. The van der Waals surface area contributed by atoms with Gasteiger partial charge in [-0.25, -0.2) is 4.98 Å². The number of amides is 2. The van der Waals surface area contributed by atoms with Gasteiger partial charge in [-0.05, 0) is 43.0 Å². The van der Waals surface area contributed by atoms with E-state index >= 15 is 0 Å². The predicted molar refractivity (Wildman–Crippen MR) is 113 cm³/mol. The Kier molecular flexibility index (Phi) is 5.19. The molecule has 8 nitrogen and oxygen atoms in total. The van der Waals surface area contributed by atoms with Gasteiger partial charge < -0.3 is 14.8 Å². The molecule has 0 bridgehead atoms. The van der Waals surface area contributed by atoms with E-state index in [0.717, 1.165) is 30.7 Å². The van der Waals surface area contributed by atoms with Crippen LogP contribution in [0.4, 0.5) is 0 Å². The van der Waals surface area contributed by atoms with Crippen LogP contribution in [-0.2, 0) is 6.42 Å². The molecule has 8 heteroatoms. The first-order chi connectivity index (χ1) is 15.2. The van der Waals surface area contributed by atoms with Gasteiger partial charge in [-0.1, -0.05) is 0 Å². The molecule has 31 heavy (non-hydrogen) atoms. The van der Waals surface area contributed by atoms with Gasteiger partial charge in [0, 0.05) is 56.5 Å². The van der Waals surface area contributed by atoms with Crippen LogP contribution in [0.15, 0.2) is 55.4 Å². The summed E-state index contributed by atoms with van der Waals surface area (Å²) in [7, 11) is 0. The van der Waals surface area contributed by atoms with E-state index < -0.39 is 0 Å². The molecule has 2 amide bonds. The van der Waals surface area contributed by atoms with Crippen LogP contribution in [0.1, 0.15) is 51.0 Å². The molecule has 1 fully saturated rings. The number of hydrogen-bond acceptors (Lipinski definition) is 5. The Morgan fingerprint density at radius 3 is 2.26 bits per heavy atom. The number of fused-ring (bicyclic) bond motifs is 1. The number of rotatable bonds is 3. The average molecular weight is 416 g/mol. The third-order valence-electron chi connectivity index (χ3n) is 6.32. The van der Waals surface area contributed by atoms with E-state index in [-0.39, 0.29) is 23.8 Å². The lowest BCUT2D eigenvalue weighted by molar-refractivity contribution is 0.0431. The summed E-state index contributed by atoms with van der Waals surface area (Å²) >= 11 is 0. The maximum absolute atomic E-state index is 13.3. The molecule has 2 aliphatic rings. The first-order valence-corrected chi connectivity index (χ1v) is 10.6. The molecule has 1 N–H and O–H groups in total. The van der Waals surface area contributed by atoms with Crippen LogP contribution in [0, 0.1) is 5.92 Å². The minimum absolute atomic E-state index is 0.0129. The Labute approximate surface area is 180 Å². The zero-order valence-corrected chi connectivity index (χ0v) is 17.1. The fraction of sp³-hybridized carbons (Fsp3) is 0.348. The number of imidazole rings is 1. The standard InChI is InChI=1S/C23H24N6O2/c30-22(17-3-1-8-24-13-17)28-10-5-16(6-11-28)21-20-19(26-15-27-20)7-12-29(21)23(31)18-4-2-9-25-14-18/h1-4,8-9,13-16,21H,5-7,10-12H2,(H,26,27). The van der Waals surface area contributed by atoms with Crippen molar-refractivity contribution < 1.29 is 9.59 Å². The fourth-order valence-corrected chi connectivity index (χ4v) is 4.76. The van der Waals surface area contributed by atoms with E-state index in [2.05, 4.69) is 19.9 Å². The number of piperidine rings is 1. The predicted octanol–water partition coefficient (Wildman–Crippen LogP) is 2.49. The second kappa shape index (κ2) is 8.29. The van der Waals surface area contributed by atoms with E-state index in [1.54, 1.807) is 49.3 Å². The highest BCUT2D eigenvalue weighted by Gasteiger charge is 2.40. The van der Waals surface area contributed by atoms with Crippen molar-refractivity contribution in [1.82, 2.24) is 29.7 Å². The zero-order valence-electron chi connectivity index (χ0n) is 17.1. The van der Waals surface area contributed by atoms with Crippen molar-refractivity contribution >= 4 is 11.8 Å². The minimum Gasteiger partial charge on any atom is -0.348 e. The smallest absolute Gasteiger partial charge is 0.256 e. The summed E-state index contributed by atoms with van der Waals surface area (Å²) in [5, 5.41) is 0. The van der Waals surface area contributed by atoms with Gasteiger partial charge in [0.2, 0.25) is 0 Å². The van der Waals surface area contributed by atoms with Crippen molar-refractivity contribution in [3.63, 3.8) is 0 Å². The second-order valence-corrected chi connectivity index (χ2v) is 8.07. The number of aromatic amines is 1. The summed E-state index contributed by atoms with van der Waals surface area (Å²) in [5.41, 5.74) is 3.27. The van der Waals surface area contributed by atoms with Gasteiger partial charge in [0.05, 0.1) is 29.2 Å². The summed E-state index contributed by atoms with van der Waals surface area (Å²) in [6, 6.07) is 7.07. The lowest BCUT2D eigenvalue weighted by atomic mass is 9.83. The van der Waals surface area contributed by atoms with E-state index in [9.17, 15) is 9.59 Å². The molecule has 1 unspecified atom stereocenters. The number of carbonyl (C=O) groups excluding carboxylic acids is 2. The largest absolute Gasteiger partial charge is 0.348 e. The number of likely N-dealkylation sites (tertiary alicyclic amines) is 1. The Balaban J connectivity index is 1.36. The van der Waals surface area contributed by atoms with Gasteiger partial charge in [0.1, 0.15) is 0 Å². The minimum atomic E-state index is -0.0987. The van der Waals surface area contributed by atoms with Gasteiger partial charge >= 0.3 is 0 Å². The van der Waals surface area contributed by atoms with Crippen molar-refractivity contribution in [2.45, 2.75) is 25.3 Å². The molecule has 5 rings (SSSR count). The first-order valence-electron chi connectivity index (χ1n) is 10.6. The number of aromatic nitrogens is 4. The number of nitrogens with one attached hydrogen (secondary N) is 1. The van der Waals surface area contributed by atoms with E-state index in [0.29, 0.717) is 30.8 Å². The zero-order chi connectivity index (χ0) is 21.2. The van der Waals surface area contributed by atoms with E-state index in [1.165, 1.54) is 0 Å². The fourth-order valence-electron chi connectivity index (χ4n) is 4.76. The van der Waals surface area contributed by atoms with Crippen molar-refractivity contribution in [1.29, 1.82) is 0 Å². The molecule has 0 aromatic carbocycles. The maximum atomic E-state index is 13.3. The number of nitrogens with zero attached hydrogens (tertiary/aromatic N) is 5. The number of carbonyl (C=O) groups is 2. The normalized spacial score (nSPS) is 19.2. The molecular weight excluding hydrogens is 392 g/mol. The van der Waals surface area contributed by atoms with E-state index in [4.69, 9.17) is 0 Å². The summed E-state index contributed by atoms with van der Waals surface area (Å²) < 4.78 is 0. The SMILES string of the molecule is O=C(c1cccnc1)N1CCC(C2c3nc[nH]c3CCN2C(=O)c2cccnc2)CC1. The molecule has 3 aromatic rings. The number of H-pyrrole nitrogens is 1. The van der Waals surface area contributed by atoms with Crippen LogP contribution in [0.25, 0.3) is 0 Å². The summed E-state index contributed by atoms with van der Waals surface area (Å²) in [6.07, 6.45) is 10.7. The van der Waals surface area contributed by atoms with Crippen LogP contribution < -0.4 is 0 Å². The average Bonchev–Trinajstić information content (AvgIpc) is 3.33. The Hall–Kier alpha value is -3.55. The monoisotopic (exact) mass is 416 g/mol. The molecule has 0 saturated carbocycles. The van der Waals surface area contributed by atoms with Crippen LogP contribution in [0.5, 0.6) is 0 Å². The van der Waals surface area contributed by atoms with Crippen molar-refractivity contribution in [2.24, 2.45) is 5.92 Å². The second-order valence-electron chi connectivity index (χ2n) is 8.07. The maximum Gasteiger partial charge on any atom is 0.256 e. The van der Waals surface area contributed by atoms with Crippen molar-refractivity contribution in [2.75, 3.05) is 19.6 Å². The molecule has 0 spiro atoms.